The summed E-state index contributed by atoms with van der Waals surface area (Å²) in [5.74, 6) is 1.35. The van der Waals surface area contributed by atoms with E-state index in [0.29, 0.717) is 19.0 Å². The van der Waals surface area contributed by atoms with Gasteiger partial charge in [0.1, 0.15) is 17.7 Å². The molecule has 4 aromatic rings. The lowest BCUT2D eigenvalue weighted by Gasteiger charge is -2.35. The number of aromatic nitrogens is 5. The number of rotatable bonds is 6. The minimum atomic E-state index is -0.480. The summed E-state index contributed by atoms with van der Waals surface area (Å²) >= 11 is 0. The van der Waals surface area contributed by atoms with Gasteiger partial charge in [-0.25, -0.2) is 24.7 Å². The second-order valence-electron chi connectivity index (χ2n) is 10.5. The van der Waals surface area contributed by atoms with Gasteiger partial charge in [-0.1, -0.05) is 13.0 Å². The third kappa shape index (κ3) is 6.25. The van der Waals surface area contributed by atoms with E-state index < -0.39 is 5.60 Å². The minimum Gasteiger partial charge on any atom is -0.444 e. The molecule has 1 saturated heterocycles. The molecule has 1 amide bonds. The molecule has 198 valence electrons. The predicted molar refractivity (Wildman–Crippen MR) is 147 cm³/mol. The minimum absolute atomic E-state index is 0.242. The number of amides is 1. The van der Waals surface area contributed by atoms with E-state index in [1.807, 2.05) is 51.1 Å². The Balaban J connectivity index is 1.21. The van der Waals surface area contributed by atoms with E-state index in [9.17, 15) is 4.79 Å². The van der Waals surface area contributed by atoms with Gasteiger partial charge in [0.25, 0.3) is 0 Å². The first-order valence-electron chi connectivity index (χ1n) is 13.0. The molecular formula is C28H34N8O2. The summed E-state index contributed by atoms with van der Waals surface area (Å²) < 4.78 is 5.50. The van der Waals surface area contributed by atoms with Crippen molar-refractivity contribution in [1.82, 2.24) is 34.7 Å². The van der Waals surface area contributed by atoms with Crippen molar-refractivity contribution in [3.8, 4) is 11.3 Å². The Morgan fingerprint density at radius 2 is 1.87 bits per heavy atom. The zero-order valence-electron chi connectivity index (χ0n) is 22.4. The fraction of sp³-hybridized carbons (Fsp3) is 0.393. The second kappa shape index (κ2) is 10.7. The molecule has 1 aromatic carbocycles. The van der Waals surface area contributed by atoms with Gasteiger partial charge >= 0.3 is 6.09 Å². The summed E-state index contributed by atoms with van der Waals surface area (Å²) in [6, 6.07) is 12.1. The number of fused-ring (bicyclic) bond motifs is 1. The van der Waals surface area contributed by atoms with Crippen molar-refractivity contribution in [1.29, 1.82) is 0 Å². The number of ether oxygens (including phenoxy) is 1. The Hall–Kier alpha value is -4.05. The first kappa shape index (κ1) is 25.6. The highest BCUT2D eigenvalue weighted by atomic mass is 16.6. The molecule has 5 rings (SSSR count). The van der Waals surface area contributed by atoms with E-state index in [2.05, 4.69) is 48.1 Å². The summed E-state index contributed by atoms with van der Waals surface area (Å²) in [4.78, 5) is 37.7. The fourth-order valence-electron chi connectivity index (χ4n) is 4.41. The lowest BCUT2D eigenvalue weighted by molar-refractivity contribution is 0.0139. The highest BCUT2D eigenvalue weighted by Crippen LogP contribution is 2.24. The lowest BCUT2D eigenvalue weighted by Crippen LogP contribution is -2.49. The number of hydrogen-bond donors (Lipinski definition) is 2. The van der Waals surface area contributed by atoms with E-state index in [1.54, 1.807) is 17.4 Å². The summed E-state index contributed by atoms with van der Waals surface area (Å²) in [7, 11) is 0. The molecule has 1 aliphatic rings. The Bertz CT molecular complexity index is 1420. The number of anilines is 2. The van der Waals surface area contributed by atoms with E-state index in [4.69, 9.17) is 4.74 Å². The molecule has 2 N–H and O–H groups in total. The van der Waals surface area contributed by atoms with Gasteiger partial charge in [0.15, 0.2) is 0 Å². The van der Waals surface area contributed by atoms with Crippen LogP contribution in [0.15, 0.2) is 48.9 Å². The molecule has 38 heavy (non-hydrogen) atoms. The Morgan fingerprint density at radius 1 is 1.05 bits per heavy atom. The maximum Gasteiger partial charge on any atom is 0.410 e. The SMILES string of the molecule is CCc1cc(-c2ccc3nc(Nc4cc(CN5CCN(C(=O)OC(C)(C)C)CC5)ccn4)[nH]c3c2)ncn1. The van der Waals surface area contributed by atoms with Crippen LogP contribution < -0.4 is 5.32 Å². The molecular weight excluding hydrogens is 480 g/mol. The first-order valence-corrected chi connectivity index (χ1v) is 13.0. The molecule has 0 bridgehead atoms. The van der Waals surface area contributed by atoms with Gasteiger partial charge in [0.05, 0.1) is 16.7 Å². The quantitative estimate of drug-likeness (QED) is 0.378. The average molecular weight is 515 g/mol. The summed E-state index contributed by atoms with van der Waals surface area (Å²) in [5.41, 5.74) is 5.35. The van der Waals surface area contributed by atoms with Crippen LogP contribution in [-0.2, 0) is 17.7 Å². The van der Waals surface area contributed by atoms with Crippen LogP contribution in [0.1, 0.15) is 39.0 Å². The van der Waals surface area contributed by atoms with E-state index in [-0.39, 0.29) is 6.09 Å². The Kier molecular flexibility index (Phi) is 7.24. The summed E-state index contributed by atoms with van der Waals surface area (Å²) in [6.45, 7) is 11.4. The van der Waals surface area contributed by atoms with Crippen molar-refractivity contribution in [2.75, 3.05) is 31.5 Å². The first-order chi connectivity index (χ1) is 18.3. The number of imidazole rings is 1. The van der Waals surface area contributed by atoms with Crippen LogP contribution in [0.2, 0.25) is 0 Å². The molecule has 0 spiro atoms. The molecule has 0 atom stereocenters. The molecule has 10 nitrogen and oxygen atoms in total. The summed E-state index contributed by atoms with van der Waals surface area (Å²) in [5, 5.41) is 3.30. The number of nitrogens with zero attached hydrogens (tertiary/aromatic N) is 6. The van der Waals surface area contributed by atoms with Crippen LogP contribution in [0.4, 0.5) is 16.6 Å². The van der Waals surface area contributed by atoms with Crippen LogP contribution in [0.5, 0.6) is 0 Å². The number of hydrogen-bond acceptors (Lipinski definition) is 8. The van der Waals surface area contributed by atoms with E-state index in [0.717, 1.165) is 65.4 Å². The third-order valence-corrected chi connectivity index (χ3v) is 6.36. The maximum absolute atomic E-state index is 12.3. The second-order valence-corrected chi connectivity index (χ2v) is 10.5. The smallest absolute Gasteiger partial charge is 0.410 e. The number of piperazine rings is 1. The number of aromatic amines is 1. The summed E-state index contributed by atoms with van der Waals surface area (Å²) in [6.07, 6.45) is 4.03. The van der Waals surface area contributed by atoms with Crippen molar-refractivity contribution in [2.45, 2.75) is 46.3 Å². The molecule has 1 fully saturated rings. The molecule has 0 saturated carbocycles. The molecule has 10 heteroatoms. The normalized spacial score (nSPS) is 14.6. The standard InChI is InChI=1S/C28H34N8O2/c1-5-21-16-23(31-18-30-21)20-6-7-22-24(15-20)33-26(32-22)34-25-14-19(8-9-29-25)17-35-10-12-36(13-11-35)27(37)38-28(2,3)4/h6-9,14-16,18H,5,10-13,17H2,1-4H3,(H2,29,32,33,34). The molecule has 0 aliphatic carbocycles. The average Bonchev–Trinajstić information content (AvgIpc) is 3.30. The van der Waals surface area contributed by atoms with Crippen molar-refractivity contribution >= 4 is 28.9 Å². The van der Waals surface area contributed by atoms with E-state index in [1.165, 1.54) is 0 Å². The molecule has 0 unspecified atom stereocenters. The van der Waals surface area contributed by atoms with Gasteiger partial charge in [0, 0.05) is 50.2 Å². The van der Waals surface area contributed by atoms with Crippen LogP contribution in [0.25, 0.3) is 22.3 Å². The number of H-pyrrole nitrogens is 1. The zero-order valence-corrected chi connectivity index (χ0v) is 22.4. The topological polar surface area (TPSA) is 112 Å². The van der Waals surface area contributed by atoms with Crippen LogP contribution in [-0.4, -0.2) is 72.6 Å². The highest BCUT2D eigenvalue weighted by Gasteiger charge is 2.25. The van der Waals surface area contributed by atoms with Gasteiger partial charge in [0.2, 0.25) is 5.95 Å². The van der Waals surface area contributed by atoms with Crippen molar-refractivity contribution in [3.05, 3.63) is 60.2 Å². The number of benzene rings is 1. The number of aryl methyl sites for hydroxylation is 1. The monoisotopic (exact) mass is 514 g/mol. The third-order valence-electron chi connectivity index (χ3n) is 6.36. The Labute approximate surface area is 222 Å². The number of pyridine rings is 1. The van der Waals surface area contributed by atoms with Crippen LogP contribution >= 0.6 is 0 Å². The molecule has 1 aliphatic heterocycles. The molecule has 4 heterocycles. The lowest BCUT2D eigenvalue weighted by atomic mass is 10.1. The van der Waals surface area contributed by atoms with Crippen LogP contribution in [0.3, 0.4) is 0 Å². The van der Waals surface area contributed by atoms with E-state index >= 15 is 0 Å². The maximum atomic E-state index is 12.3. The zero-order chi connectivity index (χ0) is 26.7. The van der Waals surface area contributed by atoms with Gasteiger partial charge in [-0.2, -0.15) is 0 Å². The van der Waals surface area contributed by atoms with Crippen molar-refractivity contribution in [2.24, 2.45) is 0 Å². The molecule has 0 radical (unpaired) electrons. The number of carbonyl (C=O) groups excluding carboxylic acids is 1. The van der Waals surface area contributed by atoms with Crippen molar-refractivity contribution in [3.63, 3.8) is 0 Å². The number of nitrogens with one attached hydrogen (secondary N) is 2. The predicted octanol–water partition coefficient (Wildman–Crippen LogP) is 4.77. The van der Waals surface area contributed by atoms with Crippen LogP contribution in [0, 0.1) is 0 Å². The number of carbonyl (C=O) groups is 1. The van der Waals surface area contributed by atoms with Crippen molar-refractivity contribution < 1.29 is 9.53 Å². The fourth-order valence-corrected chi connectivity index (χ4v) is 4.41. The van der Waals surface area contributed by atoms with Gasteiger partial charge in [-0.05, 0) is 63.1 Å². The highest BCUT2D eigenvalue weighted by molar-refractivity contribution is 5.83. The van der Waals surface area contributed by atoms with Gasteiger partial charge in [-0.3, -0.25) is 4.90 Å². The van der Waals surface area contributed by atoms with Gasteiger partial charge < -0.3 is 19.9 Å². The molecule has 3 aromatic heterocycles. The largest absolute Gasteiger partial charge is 0.444 e. The Morgan fingerprint density at radius 3 is 2.63 bits per heavy atom. The van der Waals surface area contributed by atoms with Gasteiger partial charge in [-0.15, -0.1) is 0 Å².